The van der Waals surface area contributed by atoms with Crippen LogP contribution in [0.25, 0.3) is 0 Å². The Bertz CT molecular complexity index is 593. The van der Waals surface area contributed by atoms with Gasteiger partial charge >= 0.3 is 0 Å². The molecule has 0 aromatic heterocycles. The highest BCUT2D eigenvalue weighted by Gasteiger charge is 2.12. The van der Waals surface area contributed by atoms with Gasteiger partial charge < -0.3 is 0 Å². The Morgan fingerprint density at radius 2 is 1.94 bits per heavy atom. The van der Waals surface area contributed by atoms with Crippen LogP contribution in [-0.2, 0) is 6.42 Å². The van der Waals surface area contributed by atoms with Gasteiger partial charge in [0.1, 0.15) is 5.82 Å². The molecule has 0 amide bonds. The second-order valence-electron chi connectivity index (χ2n) is 4.15. The average Bonchev–Trinajstić information content (AvgIpc) is 2.35. The van der Waals surface area contributed by atoms with Crippen molar-refractivity contribution >= 4 is 21.7 Å². The molecule has 0 aliphatic heterocycles. The zero-order chi connectivity index (χ0) is 13.1. The van der Waals surface area contributed by atoms with Gasteiger partial charge in [0.2, 0.25) is 0 Å². The summed E-state index contributed by atoms with van der Waals surface area (Å²) in [5, 5.41) is 0. The number of benzene rings is 2. The minimum absolute atomic E-state index is 0.0873. The molecule has 0 aliphatic rings. The van der Waals surface area contributed by atoms with E-state index >= 15 is 0 Å². The molecule has 2 aromatic rings. The van der Waals surface area contributed by atoms with Gasteiger partial charge in [0.15, 0.2) is 5.78 Å². The van der Waals surface area contributed by atoms with Gasteiger partial charge in [-0.2, -0.15) is 0 Å². The van der Waals surface area contributed by atoms with Gasteiger partial charge in [-0.3, -0.25) is 4.79 Å². The topological polar surface area (TPSA) is 17.1 Å². The molecule has 0 atom stereocenters. The summed E-state index contributed by atoms with van der Waals surface area (Å²) in [5.41, 5.74) is 2.43. The molecule has 0 spiro atoms. The summed E-state index contributed by atoms with van der Waals surface area (Å²) in [6.45, 7) is 1.96. The van der Waals surface area contributed by atoms with Crippen molar-refractivity contribution in [1.29, 1.82) is 0 Å². The lowest BCUT2D eigenvalue weighted by Crippen LogP contribution is -2.06. The van der Waals surface area contributed by atoms with E-state index in [2.05, 4.69) is 15.9 Å². The van der Waals surface area contributed by atoms with Crippen molar-refractivity contribution in [3.05, 3.63) is 69.4 Å². The maximum Gasteiger partial charge on any atom is 0.168 e. The molecular formula is C15H12BrFO. The highest BCUT2D eigenvalue weighted by Crippen LogP contribution is 2.20. The number of ketones is 1. The molecule has 0 bridgehead atoms. The van der Waals surface area contributed by atoms with E-state index in [1.165, 1.54) is 12.1 Å². The fourth-order valence-corrected chi connectivity index (χ4v) is 2.26. The van der Waals surface area contributed by atoms with Crippen LogP contribution in [0.5, 0.6) is 0 Å². The quantitative estimate of drug-likeness (QED) is 0.772. The summed E-state index contributed by atoms with van der Waals surface area (Å²) in [6, 6.07) is 11.9. The largest absolute Gasteiger partial charge is 0.294 e. The standard InChI is InChI=1S/C15H12BrFO/c1-10-4-2-3-5-11(10)8-15(18)13-9-12(17)6-7-14(13)16/h2-7,9H,8H2,1H3. The lowest BCUT2D eigenvalue weighted by molar-refractivity contribution is 0.0991. The zero-order valence-electron chi connectivity index (χ0n) is 9.91. The van der Waals surface area contributed by atoms with Gasteiger partial charge in [-0.1, -0.05) is 40.2 Å². The molecule has 3 heteroatoms. The summed E-state index contributed by atoms with van der Waals surface area (Å²) in [7, 11) is 0. The molecule has 0 N–H and O–H groups in total. The second-order valence-corrected chi connectivity index (χ2v) is 5.00. The number of rotatable bonds is 3. The van der Waals surface area contributed by atoms with E-state index in [-0.39, 0.29) is 12.2 Å². The number of hydrogen-bond acceptors (Lipinski definition) is 1. The van der Waals surface area contributed by atoms with E-state index in [1.54, 1.807) is 6.07 Å². The van der Waals surface area contributed by atoms with Crippen LogP contribution in [0.2, 0.25) is 0 Å². The van der Waals surface area contributed by atoms with Crippen molar-refractivity contribution in [2.75, 3.05) is 0 Å². The van der Waals surface area contributed by atoms with Crippen molar-refractivity contribution in [1.82, 2.24) is 0 Å². The predicted molar refractivity (Wildman–Crippen MR) is 73.3 cm³/mol. The number of halogens is 2. The number of carbonyl (C=O) groups excluding carboxylic acids is 1. The van der Waals surface area contributed by atoms with Gasteiger partial charge in [0, 0.05) is 16.5 Å². The minimum atomic E-state index is -0.397. The van der Waals surface area contributed by atoms with Gasteiger partial charge in [0.25, 0.3) is 0 Å². The Labute approximate surface area is 114 Å². The van der Waals surface area contributed by atoms with Crippen molar-refractivity contribution in [2.24, 2.45) is 0 Å². The summed E-state index contributed by atoms with van der Waals surface area (Å²) < 4.78 is 13.8. The molecular weight excluding hydrogens is 295 g/mol. The smallest absolute Gasteiger partial charge is 0.168 e. The fraction of sp³-hybridized carbons (Fsp3) is 0.133. The average molecular weight is 307 g/mol. The Hall–Kier alpha value is -1.48. The van der Waals surface area contributed by atoms with Gasteiger partial charge in [0.05, 0.1) is 0 Å². The molecule has 0 heterocycles. The molecule has 0 fully saturated rings. The molecule has 0 aliphatic carbocycles. The van der Waals surface area contributed by atoms with Crippen molar-refractivity contribution in [2.45, 2.75) is 13.3 Å². The number of Topliss-reactive ketones (excluding diaryl/α,β-unsaturated/α-hetero) is 1. The van der Waals surface area contributed by atoms with Crippen molar-refractivity contribution in [3.63, 3.8) is 0 Å². The van der Waals surface area contributed by atoms with E-state index in [4.69, 9.17) is 0 Å². The van der Waals surface area contributed by atoms with Crippen LogP contribution in [0.3, 0.4) is 0 Å². The van der Waals surface area contributed by atoms with Crippen LogP contribution >= 0.6 is 15.9 Å². The summed E-state index contributed by atoms with van der Waals surface area (Å²) >= 11 is 3.28. The van der Waals surface area contributed by atoms with Crippen LogP contribution in [0.15, 0.2) is 46.9 Å². The van der Waals surface area contributed by atoms with Crippen molar-refractivity contribution < 1.29 is 9.18 Å². The molecule has 1 nitrogen and oxygen atoms in total. The third-order valence-electron chi connectivity index (χ3n) is 2.84. The molecule has 0 radical (unpaired) electrons. The van der Waals surface area contributed by atoms with E-state index < -0.39 is 5.82 Å². The SMILES string of the molecule is Cc1ccccc1CC(=O)c1cc(F)ccc1Br. The Morgan fingerprint density at radius 1 is 1.22 bits per heavy atom. The monoisotopic (exact) mass is 306 g/mol. The maximum atomic E-state index is 13.2. The van der Waals surface area contributed by atoms with Crippen LogP contribution in [-0.4, -0.2) is 5.78 Å². The molecule has 2 rings (SSSR count). The first-order valence-electron chi connectivity index (χ1n) is 5.60. The normalized spacial score (nSPS) is 10.4. The van der Waals surface area contributed by atoms with E-state index in [0.29, 0.717) is 10.0 Å². The first kappa shape index (κ1) is 13.0. The molecule has 0 saturated carbocycles. The third kappa shape index (κ3) is 2.85. The third-order valence-corrected chi connectivity index (χ3v) is 3.53. The van der Waals surface area contributed by atoms with Crippen LogP contribution in [0, 0.1) is 12.7 Å². The number of hydrogen-bond donors (Lipinski definition) is 0. The van der Waals surface area contributed by atoms with Crippen LogP contribution < -0.4 is 0 Å². The highest BCUT2D eigenvalue weighted by molar-refractivity contribution is 9.10. The predicted octanol–water partition coefficient (Wildman–Crippen LogP) is 4.32. The van der Waals surface area contributed by atoms with E-state index in [1.807, 2.05) is 31.2 Å². The molecule has 0 unspecified atom stereocenters. The van der Waals surface area contributed by atoms with Crippen molar-refractivity contribution in [3.8, 4) is 0 Å². The van der Waals surface area contributed by atoms with Crippen LogP contribution in [0.4, 0.5) is 4.39 Å². The molecule has 92 valence electrons. The van der Waals surface area contributed by atoms with Crippen LogP contribution in [0.1, 0.15) is 21.5 Å². The first-order chi connectivity index (χ1) is 8.58. The Balaban J connectivity index is 2.28. The fourth-order valence-electron chi connectivity index (χ4n) is 1.79. The lowest BCUT2D eigenvalue weighted by atomic mass is 9.99. The molecule has 0 saturated heterocycles. The Morgan fingerprint density at radius 3 is 2.67 bits per heavy atom. The number of carbonyl (C=O) groups is 1. The second kappa shape index (κ2) is 5.44. The minimum Gasteiger partial charge on any atom is -0.294 e. The van der Waals surface area contributed by atoms with Gasteiger partial charge in [-0.05, 0) is 36.2 Å². The Kier molecular flexibility index (Phi) is 3.92. The highest BCUT2D eigenvalue weighted by atomic mass is 79.9. The van der Waals surface area contributed by atoms with E-state index in [9.17, 15) is 9.18 Å². The maximum absolute atomic E-state index is 13.2. The first-order valence-corrected chi connectivity index (χ1v) is 6.40. The number of aryl methyl sites for hydroxylation is 1. The molecule has 18 heavy (non-hydrogen) atoms. The van der Waals surface area contributed by atoms with Gasteiger partial charge in [-0.15, -0.1) is 0 Å². The zero-order valence-corrected chi connectivity index (χ0v) is 11.5. The van der Waals surface area contributed by atoms with E-state index in [0.717, 1.165) is 11.1 Å². The summed E-state index contributed by atoms with van der Waals surface area (Å²) in [4.78, 5) is 12.1. The van der Waals surface area contributed by atoms with Gasteiger partial charge in [-0.25, -0.2) is 4.39 Å². The lowest BCUT2D eigenvalue weighted by Gasteiger charge is -2.06. The summed E-state index contributed by atoms with van der Waals surface area (Å²) in [6.07, 6.45) is 0.286. The summed E-state index contributed by atoms with van der Waals surface area (Å²) in [5.74, 6) is -0.484. The molecule has 2 aromatic carbocycles.